The first-order valence-electron chi connectivity index (χ1n) is 9.30. The van der Waals surface area contributed by atoms with Gasteiger partial charge in [0.05, 0.1) is 11.3 Å². The SMILES string of the molecule is N=Cc1c(NC2CCOCC2)nc(Cc2ccccc2-n2cccn2)[nH]c1=O. The summed E-state index contributed by atoms with van der Waals surface area (Å²) in [6.07, 6.45) is 6.81. The summed E-state index contributed by atoms with van der Waals surface area (Å²) in [4.78, 5) is 19.9. The fourth-order valence-corrected chi connectivity index (χ4v) is 3.37. The number of para-hydroxylation sites is 1. The van der Waals surface area contributed by atoms with Crippen LogP contribution in [0.25, 0.3) is 5.69 Å². The van der Waals surface area contributed by atoms with E-state index < -0.39 is 0 Å². The molecule has 8 nitrogen and oxygen atoms in total. The Bertz CT molecular complexity index is 1010. The van der Waals surface area contributed by atoms with Crippen molar-refractivity contribution in [1.29, 1.82) is 5.41 Å². The number of nitrogens with zero attached hydrogens (tertiary/aromatic N) is 3. The fraction of sp³-hybridized carbons (Fsp3) is 0.300. The molecule has 4 rings (SSSR count). The summed E-state index contributed by atoms with van der Waals surface area (Å²) in [5, 5.41) is 15.2. The summed E-state index contributed by atoms with van der Waals surface area (Å²) in [5.74, 6) is 1.00. The number of H-pyrrole nitrogens is 1. The normalized spacial score (nSPS) is 14.7. The maximum Gasteiger partial charge on any atom is 0.261 e. The Morgan fingerprint density at radius 3 is 2.86 bits per heavy atom. The predicted molar refractivity (Wildman–Crippen MR) is 107 cm³/mol. The third kappa shape index (κ3) is 3.86. The second kappa shape index (κ2) is 8.18. The van der Waals surface area contributed by atoms with Crippen molar-refractivity contribution in [2.24, 2.45) is 0 Å². The van der Waals surface area contributed by atoms with Crippen LogP contribution in [0.1, 0.15) is 29.8 Å². The Balaban J connectivity index is 1.66. The van der Waals surface area contributed by atoms with Gasteiger partial charge in [-0.15, -0.1) is 0 Å². The van der Waals surface area contributed by atoms with Crippen molar-refractivity contribution in [2.75, 3.05) is 18.5 Å². The molecule has 3 heterocycles. The Labute approximate surface area is 162 Å². The lowest BCUT2D eigenvalue weighted by Crippen LogP contribution is -2.30. The van der Waals surface area contributed by atoms with Crippen molar-refractivity contribution in [3.63, 3.8) is 0 Å². The number of hydrogen-bond donors (Lipinski definition) is 3. The highest BCUT2D eigenvalue weighted by Crippen LogP contribution is 2.18. The molecule has 0 spiro atoms. The topological polar surface area (TPSA) is 109 Å². The van der Waals surface area contributed by atoms with Gasteiger partial charge < -0.3 is 20.4 Å². The van der Waals surface area contributed by atoms with Crippen LogP contribution in [0.5, 0.6) is 0 Å². The quantitative estimate of drug-likeness (QED) is 0.570. The van der Waals surface area contributed by atoms with Gasteiger partial charge in [0.25, 0.3) is 5.56 Å². The van der Waals surface area contributed by atoms with E-state index in [0.29, 0.717) is 31.3 Å². The van der Waals surface area contributed by atoms with Crippen LogP contribution in [-0.2, 0) is 11.2 Å². The van der Waals surface area contributed by atoms with Crippen molar-refractivity contribution in [1.82, 2.24) is 19.7 Å². The zero-order valence-corrected chi connectivity index (χ0v) is 15.4. The highest BCUT2D eigenvalue weighted by molar-refractivity contribution is 5.83. The molecule has 1 aliphatic heterocycles. The van der Waals surface area contributed by atoms with Gasteiger partial charge in [-0.2, -0.15) is 5.10 Å². The first-order chi connectivity index (χ1) is 13.7. The summed E-state index contributed by atoms with van der Waals surface area (Å²) in [5.41, 5.74) is 1.86. The molecule has 1 aliphatic rings. The van der Waals surface area contributed by atoms with Crippen LogP contribution in [0.15, 0.2) is 47.5 Å². The summed E-state index contributed by atoms with van der Waals surface area (Å²) in [7, 11) is 0. The van der Waals surface area contributed by atoms with E-state index in [1.54, 1.807) is 10.9 Å². The maximum atomic E-state index is 12.5. The number of nitrogens with one attached hydrogen (secondary N) is 3. The average molecular weight is 378 g/mol. The second-order valence-electron chi connectivity index (χ2n) is 6.71. The summed E-state index contributed by atoms with van der Waals surface area (Å²) in [6, 6.07) is 9.93. The lowest BCUT2D eigenvalue weighted by Gasteiger charge is -2.24. The van der Waals surface area contributed by atoms with Crippen LogP contribution in [0, 0.1) is 5.41 Å². The third-order valence-electron chi connectivity index (χ3n) is 4.81. The zero-order valence-electron chi connectivity index (χ0n) is 15.4. The number of benzene rings is 1. The molecule has 0 radical (unpaired) electrons. The van der Waals surface area contributed by atoms with Crippen LogP contribution >= 0.6 is 0 Å². The van der Waals surface area contributed by atoms with E-state index in [1.807, 2.05) is 36.5 Å². The monoisotopic (exact) mass is 378 g/mol. The van der Waals surface area contributed by atoms with E-state index in [0.717, 1.165) is 30.3 Å². The van der Waals surface area contributed by atoms with Crippen molar-refractivity contribution in [3.8, 4) is 5.69 Å². The molecule has 144 valence electrons. The van der Waals surface area contributed by atoms with Crippen molar-refractivity contribution < 1.29 is 4.74 Å². The van der Waals surface area contributed by atoms with Gasteiger partial charge in [-0.05, 0) is 30.5 Å². The molecule has 0 aliphatic carbocycles. The molecule has 1 aromatic carbocycles. The van der Waals surface area contributed by atoms with E-state index in [-0.39, 0.29) is 17.2 Å². The standard InChI is InChI=1S/C20H22N6O2/c21-13-16-19(23-15-6-10-28-11-7-15)24-18(25-20(16)27)12-14-4-1-2-5-17(14)26-9-3-8-22-26/h1-5,8-9,13,15,21H,6-7,10-12H2,(H2,23,24,25,27). The van der Waals surface area contributed by atoms with Crippen LogP contribution in [0.2, 0.25) is 0 Å². The Morgan fingerprint density at radius 2 is 2.11 bits per heavy atom. The molecule has 0 bridgehead atoms. The number of ether oxygens (including phenoxy) is 1. The van der Waals surface area contributed by atoms with Gasteiger partial charge in [0.15, 0.2) is 0 Å². The molecule has 28 heavy (non-hydrogen) atoms. The molecule has 0 saturated carbocycles. The van der Waals surface area contributed by atoms with Gasteiger partial charge >= 0.3 is 0 Å². The number of aromatic nitrogens is 4. The van der Waals surface area contributed by atoms with Gasteiger partial charge in [0.1, 0.15) is 11.6 Å². The van der Waals surface area contributed by atoms with E-state index in [1.165, 1.54) is 0 Å². The summed E-state index contributed by atoms with van der Waals surface area (Å²) in [6.45, 7) is 1.37. The second-order valence-corrected chi connectivity index (χ2v) is 6.71. The van der Waals surface area contributed by atoms with E-state index in [9.17, 15) is 4.79 Å². The summed E-state index contributed by atoms with van der Waals surface area (Å²) < 4.78 is 7.18. The highest BCUT2D eigenvalue weighted by atomic mass is 16.5. The van der Waals surface area contributed by atoms with Gasteiger partial charge in [0, 0.05) is 44.3 Å². The minimum absolute atomic E-state index is 0.186. The van der Waals surface area contributed by atoms with Crippen LogP contribution < -0.4 is 10.9 Å². The predicted octanol–water partition coefficient (Wildman–Crippen LogP) is 2.13. The largest absolute Gasteiger partial charge is 0.381 e. The van der Waals surface area contributed by atoms with Crippen molar-refractivity contribution in [3.05, 3.63) is 70.0 Å². The first kappa shape index (κ1) is 18.1. The number of aromatic amines is 1. The van der Waals surface area contributed by atoms with E-state index >= 15 is 0 Å². The third-order valence-corrected chi connectivity index (χ3v) is 4.81. The van der Waals surface area contributed by atoms with Gasteiger partial charge in [0.2, 0.25) is 0 Å². The first-order valence-corrected chi connectivity index (χ1v) is 9.30. The lowest BCUT2D eigenvalue weighted by molar-refractivity contribution is 0.0904. The van der Waals surface area contributed by atoms with Crippen LogP contribution in [0.3, 0.4) is 0 Å². The molecule has 0 unspecified atom stereocenters. The molecule has 1 saturated heterocycles. The molecule has 1 fully saturated rings. The molecule has 0 atom stereocenters. The smallest absolute Gasteiger partial charge is 0.261 e. The number of anilines is 1. The number of hydrogen-bond acceptors (Lipinski definition) is 6. The molecule has 2 aromatic heterocycles. The average Bonchev–Trinajstić information content (AvgIpc) is 3.24. The Morgan fingerprint density at radius 1 is 1.29 bits per heavy atom. The summed E-state index contributed by atoms with van der Waals surface area (Å²) >= 11 is 0. The maximum absolute atomic E-state index is 12.5. The molecule has 0 amide bonds. The minimum atomic E-state index is -0.314. The van der Waals surface area contributed by atoms with E-state index in [4.69, 9.17) is 10.1 Å². The van der Waals surface area contributed by atoms with Crippen LogP contribution in [-0.4, -0.2) is 45.2 Å². The molecular weight excluding hydrogens is 356 g/mol. The van der Waals surface area contributed by atoms with Crippen LogP contribution in [0.4, 0.5) is 5.82 Å². The van der Waals surface area contributed by atoms with Crippen molar-refractivity contribution >= 4 is 12.0 Å². The number of rotatable bonds is 6. The van der Waals surface area contributed by atoms with Gasteiger partial charge in [-0.25, -0.2) is 9.67 Å². The molecule has 3 aromatic rings. The molecule has 3 N–H and O–H groups in total. The molecular formula is C20H22N6O2. The Kier molecular flexibility index (Phi) is 5.29. The molecule has 8 heteroatoms. The lowest BCUT2D eigenvalue weighted by atomic mass is 10.1. The van der Waals surface area contributed by atoms with Gasteiger partial charge in [-0.3, -0.25) is 4.79 Å². The van der Waals surface area contributed by atoms with Crippen molar-refractivity contribution in [2.45, 2.75) is 25.3 Å². The zero-order chi connectivity index (χ0) is 19.3. The Hall–Kier alpha value is -3.26. The fourth-order valence-electron chi connectivity index (χ4n) is 3.37. The highest BCUT2D eigenvalue weighted by Gasteiger charge is 2.18. The minimum Gasteiger partial charge on any atom is -0.381 e. The van der Waals surface area contributed by atoms with Gasteiger partial charge in [-0.1, -0.05) is 18.2 Å². The van der Waals surface area contributed by atoms with E-state index in [2.05, 4.69) is 20.4 Å².